The van der Waals surface area contributed by atoms with Gasteiger partial charge in [-0.25, -0.2) is 9.78 Å². The highest BCUT2D eigenvalue weighted by Gasteiger charge is 2.42. The lowest BCUT2D eigenvalue weighted by molar-refractivity contribution is 0.0122. The molecule has 0 radical (unpaired) electrons. The molecule has 6 nitrogen and oxygen atoms in total. The smallest absolute Gasteiger partial charge is 0.347 e. The monoisotopic (exact) mass is 230 g/mol. The van der Waals surface area contributed by atoms with Gasteiger partial charge in [0.1, 0.15) is 18.3 Å². The molecule has 16 heavy (non-hydrogen) atoms. The molecule has 0 spiro atoms. The van der Waals surface area contributed by atoms with Crippen molar-refractivity contribution in [3.05, 3.63) is 28.2 Å². The number of aromatic nitrogens is 2. The van der Waals surface area contributed by atoms with E-state index in [0.29, 0.717) is 0 Å². The zero-order chi connectivity index (χ0) is 11.9. The van der Waals surface area contributed by atoms with Crippen molar-refractivity contribution in [2.75, 3.05) is 0 Å². The van der Waals surface area contributed by atoms with Gasteiger partial charge in [-0.3, -0.25) is 4.98 Å². The molecule has 0 aliphatic carbocycles. The van der Waals surface area contributed by atoms with Crippen LogP contribution in [0.3, 0.4) is 0 Å². The van der Waals surface area contributed by atoms with Crippen molar-refractivity contribution in [3.63, 3.8) is 0 Å². The molecule has 4 atom stereocenters. The Morgan fingerprint density at radius 1 is 1.50 bits per heavy atom. The van der Waals surface area contributed by atoms with E-state index in [1.807, 2.05) is 4.98 Å². The Balaban J connectivity index is 2.35. The van der Waals surface area contributed by atoms with E-state index in [0.717, 1.165) is 6.20 Å². The van der Waals surface area contributed by atoms with Gasteiger partial charge in [-0.1, -0.05) is 0 Å². The first-order valence-corrected chi connectivity index (χ1v) is 4.77. The molecule has 3 N–H and O–H groups in total. The highest BCUT2D eigenvalue weighted by atomic mass is 19.1. The van der Waals surface area contributed by atoms with Crippen molar-refractivity contribution in [1.29, 1.82) is 0 Å². The van der Waals surface area contributed by atoms with Crippen LogP contribution in [0.2, 0.25) is 0 Å². The molecule has 1 aromatic heterocycles. The number of nitrogens with one attached hydrogen (secondary N) is 1. The van der Waals surface area contributed by atoms with Crippen LogP contribution in [0.15, 0.2) is 11.0 Å². The van der Waals surface area contributed by atoms with E-state index in [9.17, 15) is 19.4 Å². The van der Waals surface area contributed by atoms with Crippen LogP contribution < -0.4 is 5.69 Å². The van der Waals surface area contributed by atoms with Crippen LogP contribution in [-0.2, 0) is 4.74 Å². The number of hydrogen-bond donors (Lipinski definition) is 3. The zero-order valence-electron chi connectivity index (χ0n) is 8.42. The molecule has 1 aliphatic heterocycles. The highest BCUT2D eigenvalue weighted by Crippen LogP contribution is 2.33. The van der Waals surface area contributed by atoms with Crippen molar-refractivity contribution < 1.29 is 19.3 Å². The minimum Gasteiger partial charge on any atom is -0.388 e. The lowest BCUT2D eigenvalue weighted by atomic mass is 10.0. The van der Waals surface area contributed by atoms with Gasteiger partial charge >= 0.3 is 5.69 Å². The SMILES string of the molecule is C[C@H]1O[C@@H](c2cnc(=O)[nH]c2F)[C@@H](O)C1O. The van der Waals surface area contributed by atoms with Gasteiger partial charge in [0, 0.05) is 6.20 Å². The summed E-state index contributed by atoms with van der Waals surface area (Å²) in [6.45, 7) is 1.56. The first-order valence-electron chi connectivity index (χ1n) is 4.77. The summed E-state index contributed by atoms with van der Waals surface area (Å²) in [6.07, 6.45) is -2.96. The molecule has 1 unspecified atom stereocenters. The molecule has 1 fully saturated rings. The Labute approximate surface area is 89.7 Å². The Bertz CT molecular complexity index is 449. The number of aliphatic hydroxyl groups is 2. The molecule has 2 rings (SSSR count). The van der Waals surface area contributed by atoms with E-state index in [2.05, 4.69) is 4.98 Å². The number of ether oxygens (including phenoxy) is 1. The molecular weight excluding hydrogens is 219 g/mol. The van der Waals surface area contributed by atoms with E-state index in [1.54, 1.807) is 6.92 Å². The second-order valence-corrected chi connectivity index (χ2v) is 3.70. The number of hydrogen-bond acceptors (Lipinski definition) is 5. The molecular formula is C9H11FN2O4. The van der Waals surface area contributed by atoms with Crippen LogP contribution in [-0.4, -0.2) is 38.5 Å². The van der Waals surface area contributed by atoms with E-state index in [1.165, 1.54) is 0 Å². The molecule has 88 valence electrons. The molecule has 2 heterocycles. The lowest BCUT2D eigenvalue weighted by Gasteiger charge is -2.14. The van der Waals surface area contributed by atoms with Gasteiger partial charge in [-0.05, 0) is 6.92 Å². The van der Waals surface area contributed by atoms with Crippen LogP contribution in [0.25, 0.3) is 0 Å². The van der Waals surface area contributed by atoms with E-state index in [4.69, 9.17) is 4.74 Å². The fraction of sp³-hybridized carbons (Fsp3) is 0.556. The summed E-state index contributed by atoms with van der Waals surface area (Å²) in [5.41, 5.74) is -0.891. The second kappa shape index (κ2) is 3.93. The first-order chi connectivity index (χ1) is 7.50. The van der Waals surface area contributed by atoms with Crippen molar-refractivity contribution in [2.24, 2.45) is 0 Å². The summed E-state index contributed by atoms with van der Waals surface area (Å²) >= 11 is 0. The van der Waals surface area contributed by atoms with E-state index >= 15 is 0 Å². The number of rotatable bonds is 1. The summed E-state index contributed by atoms with van der Waals surface area (Å²) < 4.78 is 18.6. The van der Waals surface area contributed by atoms with Gasteiger partial charge in [-0.15, -0.1) is 0 Å². The Kier molecular flexibility index (Phi) is 2.75. The first kappa shape index (κ1) is 11.2. The zero-order valence-corrected chi connectivity index (χ0v) is 8.42. The van der Waals surface area contributed by atoms with Crippen molar-refractivity contribution in [3.8, 4) is 0 Å². The molecule has 0 bridgehead atoms. The number of nitrogens with zero attached hydrogens (tertiary/aromatic N) is 1. The Hall–Kier alpha value is -1.31. The van der Waals surface area contributed by atoms with Crippen LogP contribution in [0.5, 0.6) is 0 Å². The number of halogens is 1. The minimum absolute atomic E-state index is 0.0736. The normalized spacial score (nSPS) is 34.2. The van der Waals surface area contributed by atoms with Gasteiger partial charge in [0.15, 0.2) is 0 Å². The topological polar surface area (TPSA) is 95.4 Å². The predicted octanol–water partition coefficient (Wildman–Crippen LogP) is -0.909. The van der Waals surface area contributed by atoms with Crippen LogP contribution in [0.4, 0.5) is 4.39 Å². The number of H-pyrrole nitrogens is 1. The summed E-state index contributed by atoms with van der Waals surface area (Å²) in [4.78, 5) is 15.9. The van der Waals surface area contributed by atoms with E-state index < -0.39 is 36.1 Å². The summed E-state index contributed by atoms with van der Waals surface area (Å²) in [7, 11) is 0. The third-order valence-electron chi connectivity index (χ3n) is 2.60. The van der Waals surface area contributed by atoms with E-state index in [-0.39, 0.29) is 5.56 Å². The number of aliphatic hydroxyl groups excluding tert-OH is 2. The maximum Gasteiger partial charge on any atom is 0.347 e. The molecule has 0 amide bonds. The van der Waals surface area contributed by atoms with Crippen LogP contribution in [0.1, 0.15) is 18.6 Å². The van der Waals surface area contributed by atoms with Crippen molar-refractivity contribution >= 4 is 0 Å². The average Bonchev–Trinajstić information content (AvgIpc) is 2.46. The predicted molar refractivity (Wildman–Crippen MR) is 50.1 cm³/mol. The van der Waals surface area contributed by atoms with Crippen LogP contribution in [0, 0.1) is 5.95 Å². The standard InChI is InChI=1S/C9H11FN2O4/c1-3-5(13)6(14)7(16-3)4-2-11-9(15)12-8(4)10/h2-3,5-7,13-14H,1H3,(H,11,12,15)/t3-,5?,6+,7+/m1/s1. The maximum absolute atomic E-state index is 13.4. The quantitative estimate of drug-likeness (QED) is 0.543. The molecule has 0 aromatic carbocycles. The fourth-order valence-corrected chi connectivity index (χ4v) is 1.69. The van der Waals surface area contributed by atoms with Gasteiger partial charge in [0.25, 0.3) is 0 Å². The van der Waals surface area contributed by atoms with Crippen molar-refractivity contribution in [2.45, 2.75) is 31.3 Å². The van der Waals surface area contributed by atoms with Gasteiger partial charge < -0.3 is 14.9 Å². The van der Waals surface area contributed by atoms with Gasteiger partial charge in [0.2, 0.25) is 5.95 Å². The molecule has 1 saturated heterocycles. The van der Waals surface area contributed by atoms with Crippen molar-refractivity contribution in [1.82, 2.24) is 9.97 Å². The summed E-state index contributed by atoms with van der Waals surface area (Å²) in [5, 5.41) is 19.1. The maximum atomic E-state index is 13.4. The molecule has 1 aromatic rings. The minimum atomic E-state index is -1.24. The molecule has 1 aliphatic rings. The highest BCUT2D eigenvalue weighted by molar-refractivity contribution is 5.14. The Morgan fingerprint density at radius 3 is 2.69 bits per heavy atom. The number of aromatic amines is 1. The molecule has 0 saturated carbocycles. The third-order valence-corrected chi connectivity index (χ3v) is 2.60. The summed E-state index contributed by atoms with van der Waals surface area (Å²) in [5.74, 6) is -0.912. The van der Waals surface area contributed by atoms with Crippen LogP contribution >= 0.6 is 0 Å². The summed E-state index contributed by atoms with van der Waals surface area (Å²) in [6, 6.07) is 0. The third kappa shape index (κ3) is 1.73. The fourth-order valence-electron chi connectivity index (χ4n) is 1.69. The second-order valence-electron chi connectivity index (χ2n) is 3.70. The van der Waals surface area contributed by atoms with Gasteiger partial charge in [-0.2, -0.15) is 4.39 Å². The lowest BCUT2D eigenvalue weighted by Crippen LogP contribution is -2.29. The Morgan fingerprint density at radius 2 is 2.19 bits per heavy atom. The average molecular weight is 230 g/mol. The largest absolute Gasteiger partial charge is 0.388 e. The molecule has 7 heteroatoms. The van der Waals surface area contributed by atoms with Gasteiger partial charge in [0.05, 0.1) is 11.7 Å².